The van der Waals surface area contributed by atoms with Crippen LogP contribution < -0.4 is 0 Å². The number of allylic oxidation sites excluding steroid dienone is 2. The van der Waals surface area contributed by atoms with E-state index in [2.05, 4.69) is 24.6 Å². The lowest BCUT2D eigenvalue weighted by Gasteiger charge is -2.35. The second-order valence-electron chi connectivity index (χ2n) is 11.0. The van der Waals surface area contributed by atoms with Gasteiger partial charge in [0.2, 0.25) is 0 Å². The normalized spacial score (nSPS) is 29.1. The number of hydrogen-bond donors (Lipinski definition) is 2. The van der Waals surface area contributed by atoms with E-state index in [1.807, 2.05) is 32.0 Å². The third-order valence-corrected chi connectivity index (χ3v) is 8.61. The molecule has 1 aliphatic heterocycles. The summed E-state index contributed by atoms with van der Waals surface area (Å²) in [7, 11) is 0. The molecular weight excluding hydrogens is 498 g/mol. The van der Waals surface area contributed by atoms with Gasteiger partial charge >= 0.3 is 5.97 Å². The number of aromatic nitrogens is 1. The predicted octanol–water partition coefficient (Wildman–Crippen LogP) is 6.88. The van der Waals surface area contributed by atoms with E-state index in [9.17, 15) is 19.8 Å². The van der Waals surface area contributed by atoms with E-state index >= 15 is 0 Å². The van der Waals surface area contributed by atoms with Crippen molar-refractivity contribution in [2.24, 2.45) is 17.3 Å². The SMILES string of the molecule is C.C=CC[C@H]1C(=O)C(C)(C)[C@@H](O)CC(=O)O[C@H](c2ccc3sc(C)nc3c2)C/C=C(/C)CCC[C@H](C)C1O. The number of hydrogen-bond acceptors (Lipinski definition) is 7. The van der Waals surface area contributed by atoms with E-state index in [0.717, 1.165) is 40.1 Å². The second-order valence-corrected chi connectivity index (χ2v) is 12.3. The molecule has 5 atom stereocenters. The minimum atomic E-state index is -1.25. The first-order chi connectivity index (χ1) is 17.4. The summed E-state index contributed by atoms with van der Waals surface area (Å²) in [6.45, 7) is 13.0. The highest BCUT2D eigenvalue weighted by Crippen LogP contribution is 2.35. The average molecular weight is 544 g/mol. The number of Topliss-reactive ketones (excluding diaryl/α,β-unsaturated/α-hetero) is 1. The summed E-state index contributed by atoms with van der Waals surface area (Å²) in [5.74, 6) is -1.62. The molecule has 0 saturated carbocycles. The van der Waals surface area contributed by atoms with E-state index in [1.165, 1.54) is 5.57 Å². The largest absolute Gasteiger partial charge is 0.457 e. The van der Waals surface area contributed by atoms with Crippen LogP contribution in [-0.4, -0.2) is 39.2 Å². The van der Waals surface area contributed by atoms with Gasteiger partial charge in [-0.05, 0) is 63.1 Å². The molecule has 2 N–H and O–H groups in total. The van der Waals surface area contributed by atoms with E-state index in [4.69, 9.17) is 4.74 Å². The molecule has 0 bridgehead atoms. The summed E-state index contributed by atoms with van der Waals surface area (Å²) in [6, 6.07) is 5.93. The van der Waals surface area contributed by atoms with Crippen LogP contribution in [0.1, 0.15) is 90.3 Å². The van der Waals surface area contributed by atoms with E-state index in [0.29, 0.717) is 12.8 Å². The fourth-order valence-electron chi connectivity index (χ4n) is 5.04. The van der Waals surface area contributed by atoms with Crippen molar-refractivity contribution in [3.8, 4) is 0 Å². The lowest BCUT2D eigenvalue weighted by molar-refractivity contribution is -0.156. The van der Waals surface area contributed by atoms with E-state index < -0.39 is 35.6 Å². The van der Waals surface area contributed by atoms with Gasteiger partial charge in [-0.3, -0.25) is 9.59 Å². The maximum absolute atomic E-state index is 13.6. The van der Waals surface area contributed by atoms with Gasteiger partial charge in [-0.2, -0.15) is 0 Å². The second kappa shape index (κ2) is 13.6. The maximum Gasteiger partial charge on any atom is 0.309 e. The minimum absolute atomic E-state index is 0. The van der Waals surface area contributed by atoms with Crippen LogP contribution in [0.5, 0.6) is 0 Å². The molecular formula is C31H45NO5S. The van der Waals surface area contributed by atoms with Gasteiger partial charge in [-0.1, -0.05) is 52.0 Å². The predicted molar refractivity (Wildman–Crippen MR) is 155 cm³/mol. The molecule has 210 valence electrons. The Kier molecular flexibility index (Phi) is 11.4. The van der Waals surface area contributed by atoms with Crippen molar-refractivity contribution < 1.29 is 24.5 Å². The number of nitrogens with zero attached hydrogens (tertiary/aromatic N) is 1. The zero-order valence-electron chi connectivity index (χ0n) is 22.7. The summed E-state index contributed by atoms with van der Waals surface area (Å²) >= 11 is 1.62. The molecule has 0 spiro atoms. The number of benzene rings is 1. The quantitative estimate of drug-likeness (QED) is 0.323. The molecule has 1 unspecified atom stereocenters. The molecule has 7 heteroatoms. The zero-order chi connectivity index (χ0) is 27.3. The highest BCUT2D eigenvalue weighted by Gasteiger charge is 2.43. The minimum Gasteiger partial charge on any atom is -0.457 e. The smallest absolute Gasteiger partial charge is 0.309 e. The van der Waals surface area contributed by atoms with Crippen LogP contribution in [0.2, 0.25) is 0 Å². The van der Waals surface area contributed by atoms with Crippen molar-refractivity contribution in [3.63, 3.8) is 0 Å². The molecule has 0 amide bonds. The van der Waals surface area contributed by atoms with E-state index in [-0.39, 0.29) is 25.5 Å². The van der Waals surface area contributed by atoms with Gasteiger partial charge in [0.25, 0.3) is 0 Å². The molecule has 2 aromatic rings. The van der Waals surface area contributed by atoms with Crippen molar-refractivity contribution >= 4 is 33.3 Å². The van der Waals surface area contributed by atoms with Crippen LogP contribution in [0.3, 0.4) is 0 Å². The van der Waals surface area contributed by atoms with Crippen molar-refractivity contribution in [3.05, 3.63) is 53.1 Å². The van der Waals surface area contributed by atoms with Gasteiger partial charge in [0.05, 0.1) is 39.3 Å². The molecule has 1 aromatic heterocycles. The highest BCUT2D eigenvalue weighted by molar-refractivity contribution is 7.18. The highest BCUT2D eigenvalue weighted by atomic mass is 32.1. The third kappa shape index (κ3) is 7.61. The Morgan fingerprint density at radius 2 is 1.95 bits per heavy atom. The van der Waals surface area contributed by atoms with Crippen LogP contribution in [0.4, 0.5) is 0 Å². The lowest BCUT2D eigenvalue weighted by Crippen LogP contribution is -2.46. The van der Waals surface area contributed by atoms with Crippen LogP contribution in [-0.2, 0) is 14.3 Å². The number of carbonyl (C=O) groups excluding carboxylic acids is 2. The Balaban J connectivity index is 0.00000507. The number of fused-ring (bicyclic) bond motifs is 1. The molecule has 3 rings (SSSR count). The Hall–Kier alpha value is -2.35. The molecule has 1 aliphatic rings. The molecule has 0 aliphatic carbocycles. The fourth-order valence-corrected chi connectivity index (χ4v) is 5.84. The first kappa shape index (κ1) is 31.9. The third-order valence-electron chi connectivity index (χ3n) is 7.66. The topological polar surface area (TPSA) is 96.7 Å². The number of aliphatic hydroxyl groups excluding tert-OH is 2. The zero-order valence-corrected chi connectivity index (χ0v) is 23.5. The van der Waals surface area contributed by atoms with Crippen molar-refractivity contribution in [2.75, 3.05) is 0 Å². The number of carbonyl (C=O) groups is 2. The van der Waals surface area contributed by atoms with Gasteiger partial charge in [0.1, 0.15) is 11.9 Å². The summed E-state index contributed by atoms with van der Waals surface area (Å²) < 4.78 is 6.99. The number of aryl methyl sites for hydroxylation is 1. The maximum atomic E-state index is 13.6. The Morgan fingerprint density at radius 3 is 2.63 bits per heavy atom. The summed E-state index contributed by atoms with van der Waals surface area (Å²) in [6.07, 6.45) is 4.10. The van der Waals surface area contributed by atoms with Crippen LogP contribution >= 0.6 is 11.3 Å². The molecule has 0 saturated heterocycles. The number of thiazole rings is 1. The first-order valence-corrected chi connectivity index (χ1v) is 14.0. The summed E-state index contributed by atoms with van der Waals surface area (Å²) in [5, 5.41) is 23.1. The summed E-state index contributed by atoms with van der Waals surface area (Å²) in [4.78, 5) is 31.2. The molecule has 0 radical (unpaired) electrons. The van der Waals surface area contributed by atoms with Gasteiger partial charge in [0, 0.05) is 12.3 Å². The Labute approximate surface area is 231 Å². The standard InChI is InChI=1S/C30H41NO5S.CH4/c1-7-9-22-28(34)19(3)11-8-10-18(2)12-14-24(21-13-15-25-23(16-21)31-20(4)37-25)36-27(33)17-26(32)30(5,6)29(22)35;/h7,12-13,15-16,19,22,24,26,28,32,34H,1,8-11,14,17H2,2-6H3;1H4/b18-12-;/t19-,22+,24-,26-,28?;/m0./s1. The number of cyclic esters (lactones) is 1. The molecule has 38 heavy (non-hydrogen) atoms. The first-order valence-electron chi connectivity index (χ1n) is 13.2. The number of esters is 1. The van der Waals surface area contributed by atoms with Crippen LogP contribution in [0, 0.1) is 24.2 Å². The number of aliphatic hydroxyl groups is 2. The Morgan fingerprint density at radius 1 is 1.24 bits per heavy atom. The summed E-state index contributed by atoms with van der Waals surface area (Å²) in [5.41, 5.74) is 1.66. The fraction of sp³-hybridized carbons (Fsp3) is 0.581. The molecule has 1 aromatic carbocycles. The van der Waals surface area contributed by atoms with Crippen molar-refractivity contribution in [2.45, 2.75) is 98.9 Å². The number of rotatable bonds is 3. The van der Waals surface area contributed by atoms with Crippen LogP contribution in [0.15, 0.2) is 42.5 Å². The van der Waals surface area contributed by atoms with Gasteiger partial charge < -0.3 is 14.9 Å². The van der Waals surface area contributed by atoms with Crippen LogP contribution in [0.25, 0.3) is 10.2 Å². The van der Waals surface area contributed by atoms with Crippen molar-refractivity contribution in [1.29, 1.82) is 0 Å². The molecule has 6 nitrogen and oxygen atoms in total. The molecule has 0 fully saturated rings. The van der Waals surface area contributed by atoms with Crippen molar-refractivity contribution in [1.82, 2.24) is 4.98 Å². The molecule has 2 heterocycles. The van der Waals surface area contributed by atoms with E-state index in [1.54, 1.807) is 31.3 Å². The average Bonchev–Trinajstić information content (AvgIpc) is 3.22. The monoisotopic (exact) mass is 543 g/mol. The van der Waals surface area contributed by atoms with Gasteiger partial charge in [-0.25, -0.2) is 4.98 Å². The Bertz CT molecular complexity index is 1150. The van der Waals surface area contributed by atoms with Gasteiger partial charge in [0.15, 0.2) is 0 Å². The lowest BCUT2D eigenvalue weighted by atomic mass is 9.71. The van der Waals surface area contributed by atoms with Gasteiger partial charge in [-0.15, -0.1) is 17.9 Å². The number of ketones is 1. The number of ether oxygens (including phenoxy) is 1.